The molecule has 7 nitrogen and oxygen atoms in total. The molecule has 29 heavy (non-hydrogen) atoms. The number of amides is 1. The molecule has 0 saturated heterocycles. The van der Waals surface area contributed by atoms with E-state index in [4.69, 9.17) is 13.9 Å². The van der Waals surface area contributed by atoms with E-state index in [-0.39, 0.29) is 48.0 Å². The predicted molar refractivity (Wildman–Crippen MR) is 97.1 cm³/mol. The van der Waals surface area contributed by atoms with E-state index in [9.17, 15) is 18.0 Å². The highest BCUT2D eigenvalue weighted by molar-refractivity contribution is 5.76. The van der Waals surface area contributed by atoms with Crippen molar-refractivity contribution in [2.24, 2.45) is 0 Å². The van der Waals surface area contributed by atoms with E-state index in [0.717, 1.165) is 6.07 Å². The molecule has 0 aliphatic heterocycles. The first-order valence-corrected chi connectivity index (χ1v) is 8.77. The second kappa shape index (κ2) is 8.38. The first kappa shape index (κ1) is 20.4. The van der Waals surface area contributed by atoms with Gasteiger partial charge in [-0.15, -0.1) is 0 Å². The summed E-state index contributed by atoms with van der Waals surface area (Å²) in [5, 5.41) is 2.66. The average molecular weight is 409 g/mol. The van der Waals surface area contributed by atoms with Crippen LogP contribution in [0.3, 0.4) is 0 Å². The molecule has 3 aromatic rings. The Morgan fingerprint density at radius 2 is 2.00 bits per heavy atom. The standard InChI is InChI=1S/C19H18F3N3O4/c1-4-27-18-12(20)5-11(16(21)17(18)22)19-25-13-7-23-15(6-14(13)29-19)28-8-9(2)24-10(3)26/h5-7,9H,4,8H2,1-3H3,(H,24,26)/t9-/m0/s1. The SMILES string of the molecule is CCOc1c(F)cc(-c2nc3cnc(OC[C@H](C)NC(C)=O)cc3o2)c(F)c1F. The number of ether oxygens (including phenoxy) is 2. The van der Waals surface area contributed by atoms with Crippen molar-refractivity contribution in [1.29, 1.82) is 0 Å². The average Bonchev–Trinajstić information content (AvgIpc) is 3.09. The predicted octanol–water partition coefficient (Wildman–Crippen LogP) is 3.61. The number of oxazole rings is 1. The van der Waals surface area contributed by atoms with Crippen molar-refractivity contribution < 1.29 is 31.9 Å². The number of nitrogens with zero attached hydrogens (tertiary/aromatic N) is 2. The molecule has 2 aromatic heterocycles. The number of carbonyl (C=O) groups excluding carboxylic acids is 1. The first-order valence-electron chi connectivity index (χ1n) is 8.77. The van der Waals surface area contributed by atoms with Gasteiger partial charge in [0.2, 0.25) is 23.5 Å². The molecular formula is C19H18F3N3O4. The second-order valence-corrected chi connectivity index (χ2v) is 6.22. The Balaban J connectivity index is 1.88. The van der Waals surface area contributed by atoms with Crippen LogP contribution in [0.15, 0.2) is 22.7 Å². The number of pyridine rings is 1. The van der Waals surface area contributed by atoms with Crippen LogP contribution in [-0.4, -0.2) is 35.1 Å². The Hall–Kier alpha value is -3.30. The lowest BCUT2D eigenvalue weighted by molar-refractivity contribution is -0.119. The molecule has 0 unspecified atom stereocenters. The summed E-state index contributed by atoms with van der Waals surface area (Å²) >= 11 is 0. The summed E-state index contributed by atoms with van der Waals surface area (Å²) in [6.07, 6.45) is 1.32. The number of carbonyl (C=O) groups is 1. The molecule has 1 atom stereocenters. The summed E-state index contributed by atoms with van der Waals surface area (Å²) in [7, 11) is 0. The molecule has 3 rings (SSSR count). The fourth-order valence-electron chi connectivity index (χ4n) is 2.62. The third-order valence-electron chi connectivity index (χ3n) is 3.82. The fraction of sp³-hybridized carbons (Fsp3) is 0.316. The van der Waals surface area contributed by atoms with Crippen molar-refractivity contribution in [1.82, 2.24) is 15.3 Å². The summed E-state index contributed by atoms with van der Waals surface area (Å²) in [5.74, 6) is -4.99. The molecule has 154 valence electrons. The van der Waals surface area contributed by atoms with Gasteiger partial charge in [-0.25, -0.2) is 18.7 Å². The molecule has 1 N–H and O–H groups in total. The Morgan fingerprint density at radius 1 is 1.24 bits per heavy atom. The van der Waals surface area contributed by atoms with E-state index in [1.165, 1.54) is 26.1 Å². The van der Waals surface area contributed by atoms with E-state index in [2.05, 4.69) is 15.3 Å². The maximum atomic E-state index is 14.4. The van der Waals surface area contributed by atoms with E-state index in [1.807, 2.05) is 0 Å². The van der Waals surface area contributed by atoms with E-state index >= 15 is 0 Å². The second-order valence-electron chi connectivity index (χ2n) is 6.22. The van der Waals surface area contributed by atoms with Crippen LogP contribution < -0.4 is 14.8 Å². The molecule has 0 aliphatic carbocycles. The van der Waals surface area contributed by atoms with Gasteiger partial charge in [-0.05, 0) is 19.9 Å². The van der Waals surface area contributed by atoms with Crippen molar-refractivity contribution in [2.75, 3.05) is 13.2 Å². The lowest BCUT2D eigenvalue weighted by Crippen LogP contribution is -2.35. The summed E-state index contributed by atoms with van der Waals surface area (Å²) in [6, 6.07) is 1.92. The van der Waals surface area contributed by atoms with Gasteiger partial charge in [0.05, 0.1) is 24.4 Å². The minimum absolute atomic E-state index is 0.0233. The zero-order valence-electron chi connectivity index (χ0n) is 15.9. The van der Waals surface area contributed by atoms with Gasteiger partial charge in [0.15, 0.2) is 23.0 Å². The van der Waals surface area contributed by atoms with Crippen molar-refractivity contribution in [3.05, 3.63) is 35.8 Å². The van der Waals surface area contributed by atoms with Crippen LogP contribution in [0, 0.1) is 17.5 Å². The number of rotatable bonds is 7. The molecule has 0 bridgehead atoms. The minimum atomic E-state index is -1.46. The molecule has 1 amide bonds. The van der Waals surface area contributed by atoms with E-state index < -0.39 is 28.8 Å². The molecular weight excluding hydrogens is 391 g/mol. The summed E-state index contributed by atoms with van der Waals surface area (Å²) in [5.41, 5.74) is -0.0518. The highest BCUT2D eigenvalue weighted by atomic mass is 19.2. The van der Waals surface area contributed by atoms with Crippen LogP contribution >= 0.6 is 0 Å². The van der Waals surface area contributed by atoms with Crippen molar-refractivity contribution >= 4 is 17.0 Å². The van der Waals surface area contributed by atoms with Crippen molar-refractivity contribution in [3.63, 3.8) is 0 Å². The quantitative estimate of drug-likeness (QED) is 0.600. The van der Waals surface area contributed by atoms with Crippen LogP contribution in [-0.2, 0) is 4.79 Å². The number of aromatic nitrogens is 2. The Morgan fingerprint density at radius 3 is 2.69 bits per heavy atom. The van der Waals surface area contributed by atoms with Crippen LogP contribution in [0.25, 0.3) is 22.6 Å². The molecule has 2 heterocycles. The van der Waals surface area contributed by atoms with Gasteiger partial charge in [-0.1, -0.05) is 0 Å². The summed E-state index contributed by atoms with van der Waals surface area (Å²) in [6.45, 7) is 4.80. The highest BCUT2D eigenvalue weighted by Crippen LogP contribution is 2.34. The lowest BCUT2D eigenvalue weighted by Gasteiger charge is -2.12. The normalized spacial score (nSPS) is 12.1. The Kier molecular flexibility index (Phi) is 5.90. The van der Waals surface area contributed by atoms with Gasteiger partial charge in [0.25, 0.3) is 0 Å². The number of hydrogen-bond acceptors (Lipinski definition) is 6. The Bertz CT molecular complexity index is 1050. The zero-order valence-corrected chi connectivity index (χ0v) is 15.9. The third-order valence-corrected chi connectivity index (χ3v) is 3.82. The van der Waals surface area contributed by atoms with Crippen molar-refractivity contribution in [3.8, 4) is 23.1 Å². The fourth-order valence-corrected chi connectivity index (χ4v) is 2.62. The van der Waals surface area contributed by atoms with Crippen LogP contribution in [0.4, 0.5) is 13.2 Å². The van der Waals surface area contributed by atoms with Gasteiger partial charge in [-0.3, -0.25) is 4.79 Å². The van der Waals surface area contributed by atoms with E-state index in [1.54, 1.807) is 6.92 Å². The molecule has 0 aliphatic rings. The summed E-state index contributed by atoms with van der Waals surface area (Å²) in [4.78, 5) is 19.1. The molecule has 0 saturated carbocycles. The van der Waals surface area contributed by atoms with Crippen LogP contribution in [0.5, 0.6) is 11.6 Å². The molecule has 10 heteroatoms. The van der Waals surface area contributed by atoms with Crippen LogP contribution in [0.1, 0.15) is 20.8 Å². The largest absolute Gasteiger partial charge is 0.488 e. The van der Waals surface area contributed by atoms with Gasteiger partial charge >= 0.3 is 0 Å². The zero-order chi connectivity index (χ0) is 21.1. The smallest absolute Gasteiger partial charge is 0.230 e. The number of fused-ring (bicyclic) bond motifs is 1. The number of benzene rings is 1. The molecule has 0 fully saturated rings. The number of hydrogen-bond donors (Lipinski definition) is 1. The monoisotopic (exact) mass is 409 g/mol. The number of nitrogens with one attached hydrogen (secondary N) is 1. The van der Waals surface area contributed by atoms with Gasteiger partial charge in [0.1, 0.15) is 12.1 Å². The highest BCUT2D eigenvalue weighted by Gasteiger charge is 2.24. The molecule has 0 spiro atoms. The van der Waals surface area contributed by atoms with Gasteiger partial charge < -0.3 is 19.2 Å². The first-order chi connectivity index (χ1) is 13.8. The molecule has 1 aromatic carbocycles. The van der Waals surface area contributed by atoms with Gasteiger partial charge in [-0.2, -0.15) is 4.39 Å². The number of halogens is 3. The summed E-state index contributed by atoms with van der Waals surface area (Å²) < 4.78 is 58.3. The maximum Gasteiger partial charge on any atom is 0.230 e. The Labute approximate surface area is 163 Å². The van der Waals surface area contributed by atoms with Gasteiger partial charge in [0, 0.05) is 13.0 Å². The topological polar surface area (TPSA) is 86.5 Å². The molecule has 0 radical (unpaired) electrons. The van der Waals surface area contributed by atoms with E-state index in [0.29, 0.717) is 0 Å². The van der Waals surface area contributed by atoms with Crippen molar-refractivity contribution in [2.45, 2.75) is 26.8 Å². The third kappa shape index (κ3) is 4.41. The lowest BCUT2D eigenvalue weighted by atomic mass is 10.2. The maximum absolute atomic E-state index is 14.4. The van der Waals surface area contributed by atoms with Crippen LogP contribution in [0.2, 0.25) is 0 Å². The minimum Gasteiger partial charge on any atom is -0.488 e.